The molecule has 4 rings (SSSR count). The largest absolute Gasteiger partial charge is 1.00 e. The van der Waals surface area contributed by atoms with Crippen LogP contribution in [0.15, 0.2) is 42.5 Å². The topological polar surface area (TPSA) is 9.23 Å². The average Bonchev–Trinajstić information content (AvgIpc) is 2.80. The van der Waals surface area contributed by atoms with Gasteiger partial charge in [-0.25, -0.2) is 0 Å². The van der Waals surface area contributed by atoms with E-state index in [9.17, 15) is 0 Å². The third kappa shape index (κ3) is 2.97. The van der Waals surface area contributed by atoms with Crippen LogP contribution in [0.1, 0.15) is 41.1 Å². The van der Waals surface area contributed by atoms with Gasteiger partial charge in [0.2, 0.25) is 0 Å². The van der Waals surface area contributed by atoms with Gasteiger partial charge in [-0.1, -0.05) is 24.3 Å². The van der Waals surface area contributed by atoms with Crippen molar-refractivity contribution < 1.29 is 33.2 Å². The Bertz CT molecular complexity index is 730. The van der Waals surface area contributed by atoms with E-state index in [1.54, 1.807) is 18.2 Å². The average molecular weight is 435 g/mol. The van der Waals surface area contributed by atoms with Crippen molar-refractivity contribution in [2.24, 2.45) is 0 Å². The minimum absolute atomic E-state index is 0. The summed E-state index contributed by atoms with van der Waals surface area (Å²) in [7, 11) is 4.23. The maximum Gasteiger partial charge on any atom is 0.141 e. The molecule has 24 heavy (non-hydrogen) atoms. The Kier molecular flexibility index (Phi) is 5.21. The quantitative estimate of drug-likeness (QED) is 0.482. The van der Waals surface area contributed by atoms with Crippen molar-refractivity contribution in [3.63, 3.8) is 0 Å². The number of rotatable bonds is 1. The third-order valence-corrected chi connectivity index (χ3v) is 5.85. The van der Waals surface area contributed by atoms with Crippen LogP contribution >= 0.6 is 0 Å². The third-order valence-electron chi connectivity index (χ3n) is 5.85. The van der Waals surface area contributed by atoms with Crippen LogP contribution in [-0.2, 0) is 12.8 Å². The van der Waals surface area contributed by atoms with Gasteiger partial charge in [0.1, 0.15) is 11.8 Å². The first-order valence-corrected chi connectivity index (χ1v) is 8.80. The molecule has 128 valence electrons. The molecule has 0 radical (unpaired) electrons. The van der Waals surface area contributed by atoms with Gasteiger partial charge in [0.05, 0.1) is 27.2 Å². The number of hydrogen-bond acceptors (Lipinski definition) is 1. The van der Waals surface area contributed by atoms with Crippen LogP contribution in [0, 0.1) is 0 Å². The van der Waals surface area contributed by atoms with Crippen molar-refractivity contribution in [3.05, 3.63) is 64.7 Å². The van der Waals surface area contributed by atoms with Crippen molar-refractivity contribution in [1.82, 2.24) is 0 Å². The molecule has 0 saturated carbocycles. The fourth-order valence-electron chi connectivity index (χ4n) is 4.69. The predicted molar refractivity (Wildman–Crippen MR) is 93.8 cm³/mol. The second-order valence-corrected chi connectivity index (χ2v) is 7.30. The summed E-state index contributed by atoms with van der Waals surface area (Å²) in [4.78, 5) is 0. The van der Waals surface area contributed by atoms with Crippen molar-refractivity contribution in [1.29, 1.82) is 0 Å². The first kappa shape index (κ1) is 17.7. The molecule has 0 aromatic heterocycles. The number of halogens is 1. The number of methoxy groups -OCH3 is 1. The van der Waals surface area contributed by atoms with Crippen LogP contribution in [0.2, 0.25) is 0 Å². The highest BCUT2D eigenvalue weighted by Gasteiger charge is 2.40. The molecule has 2 atom stereocenters. The maximum absolute atomic E-state index is 5.47. The smallest absolute Gasteiger partial charge is 0.141 e. The summed E-state index contributed by atoms with van der Waals surface area (Å²) in [6, 6.07) is 16.3. The Morgan fingerprint density at radius 2 is 1.58 bits per heavy atom. The van der Waals surface area contributed by atoms with E-state index in [2.05, 4.69) is 49.5 Å². The van der Waals surface area contributed by atoms with E-state index in [1.807, 2.05) is 0 Å². The first-order chi connectivity index (χ1) is 11.2. The van der Waals surface area contributed by atoms with Gasteiger partial charge in [-0.3, -0.25) is 0 Å². The monoisotopic (exact) mass is 435 g/mol. The number of nitrogens with zero attached hydrogens (tertiary/aromatic N) is 1. The highest BCUT2D eigenvalue weighted by Crippen LogP contribution is 2.43. The Labute approximate surface area is 162 Å². The van der Waals surface area contributed by atoms with Crippen LogP contribution in [0.4, 0.5) is 0 Å². The zero-order chi connectivity index (χ0) is 15.9. The molecule has 0 aliphatic carbocycles. The fourth-order valence-corrected chi connectivity index (χ4v) is 4.69. The lowest BCUT2D eigenvalue weighted by molar-refractivity contribution is -0.932. The fraction of sp³-hybridized carbons (Fsp3) is 0.429. The predicted octanol–water partition coefficient (Wildman–Crippen LogP) is 1.13. The standard InChI is InChI=1S/C21H26NO.HI/c1-22-13-5-8-16-7-3-4-10-19(16)21(22)20-12-11-18(23-2)15-17(20)9-6-14-22;/h3-4,7,10-12,15,21H,5-6,8-9,13-14H2,1-2H3;1H/q+1;/p-1. The van der Waals surface area contributed by atoms with Crippen LogP contribution in [-0.4, -0.2) is 31.7 Å². The summed E-state index contributed by atoms with van der Waals surface area (Å²) in [5.74, 6) is 0.988. The maximum atomic E-state index is 5.47. The summed E-state index contributed by atoms with van der Waals surface area (Å²) in [6.07, 6.45) is 4.93. The Morgan fingerprint density at radius 1 is 0.917 bits per heavy atom. The van der Waals surface area contributed by atoms with Crippen molar-refractivity contribution in [2.45, 2.75) is 31.7 Å². The second-order valence-electron chi connectivity index (χ2n) is 7.30. The molecule has 2 unspecified atom stereocenters. The first-order valence-electron chi connectivity index (χ1n) is 8.80. The minimum atomic E-state index is 0. The molecule has 0 bridgehead atoms. The number of ether oxygens (including phenoxy) is 1. The lowest BCUT2D eigenvalue weighted by Gasteiger charge is -2.40. The number of aryl methyl sites for hydroxylation is 2. The number of fused-ring (bicyclic) bond motifs is 5. The lowest BCUT2D eigenvalue weighted by atomic mass is 9.89. The summed E-state index contributed by atoms with van der Waals surface area (Å²) < 4.78 is 6.62. The van der Waals surface area contributed by atoms with E-state index < -0.39 is 0 Å². The van der Waals surface area contributed by atoms with Gasteiger partial charge >= 0.3 is 0 Å². The van der Waals surface area contributed by atoms with Gasteiger partial charge in [0, 0.05) is 24.0 Å². The van der Waals surface area contributed by atoms with Gasteiger partial charge < -0.3 is 33.2 Å². The second kappa shape index (κ2) is 7.04. The molecule has 2 nitrogen and oxygen atoms in total. The normalized spacial score (nSPS) is 25.2. The molecule has 2 aliphatic rings. The molecule has 0 N–H and O–H groups in total. The van der Waals surface area contributed by atoms with E-state index in [0.29, 0.717) is 6.04 Å². The van der Waals surface area contributed by atoms with Gasteiger partial charge in [0.25, 0.3) is 0 Å². The molecule has 0 fully saturated rings. The molecule has 2 heterocycles. The number of benzene rings is 2. The molecule has 0 saturated heterocycles. The van der Waals surface area contributed by atoms with E-state index >= 15 is 0 Å². The summed E-state index contributed by atoms with van der Waals surface area (Å²) in [5, 5.41) is 0. The molecular weight excluding hydrogens is 409 g/mol. The van der Waals surface area contributed by atoms with Gasteiger partial charge in [0.15, 0.2) is 0 Å². The molecule has 2 aliphatic heterocycles. The summed E-state index contributed by atoms with van der Waals surface area (Å²) >= 11 is 0. The van der Waals surface area contributed by atoms with Crippen LogP contribution in [0.25, 0.3) is 0 Å². The van der Waals surface area contributed by atoms with E-state index in [1.165, 1.54) is 49.9 Å². The Hall–Kier alpha value is -1.07. The molecule has 0 amide bonds. The van der Waals surface area contributed by atoms with Gasteiger partial charge in [-0.05, 0) is 42.2 Å². The van der Waals surface area contributed by atoms with Crippen LogP contribution in [0.3, 0.4) is 0 Å². The molecule has 2 aromatic carbocycles. The number of quaternary nitrogens is 1. The Balaban J connectivity index is 0.00000169. The van der Waals surface area contributed by atoms with Crippen LogP contribution < -0.4 is 28.7 Å². The van der Waals surface area contributed by atoms with Crippen molar-refractivity contribution >= 4 is 0 Å². The van der Waals surface area contributed by atoms with Crippen molar-refractivity contribution in [3.8, 4) is 5.75 Å². The van der Waals surface area contributed by atoms with Gasteiger partial charge in [-0.2, -0.15) is 0 Å². The van der Waals surface area contributed by atoms with Crippen LogP contribution in [0.5, 0.6) is 5.75 Å². The van der Waals surface area contributed by atoms with E-state index in [4.69, 9.17) is 4.74 Å². The Morgan fingerprint density at radius 3 is 2.33 bits per heavy atom. The summed E-state index contributed by atoms with van der Waals surface area (Å²) in [5.41, 5.74) is 6.08. The highest BCUT2D eigenvalue weighted by atomic mass is 127. The zero-order valence-electron chi connectivity index (χ0n) is 14.6. The zero-order valence-corrected chi connectivity index (χ0v) is 16.8. The highest BCUT2D eigenvalue weighted by molar-refractivity contribution is 5.44. The van der Waals surface area contributed by atoms with Crippen molar-refractivity contribution in [2.75, 3.05) is 27.2 Å². The molecule has 0 spiro atoms. The molecule has 2 aromatic rings. The molecule has 3 heteroatoms. The van der Waals surface area contributed by atoms with Gasteiger partial charge in [-0.15, -0.1) is 0 Å². The SMILES string of the molecule is COc1ccc2c(c1)CCC[N+]1(C)CCCc3ccccc3C21.[I-]. The van der Waals surface area contributed by atoms with E-state index in [-0.39, 0.29) is 24.0 Å². The molecular formula is C21H26INO. The summed E-state index contributed by atoms with van der Waals surface area (Å²) in [6.45, 7) is 2.53. The number of hydrogen-bond donors (Lipinski definition) is 0. The lowest BCUT2D eigenvalue weighted by Crippen LogP contribution is -3.00. The minimum Gasteiger partial charge on any atom is -1.00 e. The van der Waals surface area contributed by atoms with E-state index in [0.717, 1.165) is 10.2 Å².